The van der Waals surface area contributed by atoms with E-state index in [9.17, 15) is 8.42 Å². The van der Waals surface area contributed by atoms with Crippen LogP contribution in [0.2, 0.25) is 5.02 Å². The van der Waals surface area contributed by atoms with Gasteiger partial charge in [0.25, 0.3) is 0 Å². The minimum Gasteiger partial charge on any atom is -0.467 e. The van der Waals surface area contributed by atoms with Crippen molar-refractivity contribution in [1.29, 1.82) is 0 Å². The molecule has 108 valence electrons. The van der Waals surface area contributed by atoms with Gasteiger partial charge < -0.3 is 10.1 Å². The molecule has 7 nitrogen and oxygen atoms in total. The molecule has 0 spiro atoms. The van der Waals surface area contributed by atoms with Crippen LogP contribution < -0.4 is 14.8 Å². The van der Waals surface area contributed by atoms with Crippen molar-refractivity contribution in [3.8, 4) is 6.01 Å². The maximum absolute atomic E-state index is 11.2. The standard InChI is InChI=1S/C10H17ClN4O3S/c1-10(2,15-19(4,16)17)6-13-8-7(11)5-12-9(14-8)18-3/h5,15H,6H2,1-4H3,(H,12,13,14). The molecule has 9 heteroatoms. The summed E-state index contributed by atoms with van der Waals surface area (Å²) in [6, 6.07) is 0.181. The van der Waals surface area contributed by atoms with Crippen molar-refractivity contribution in [1.82, 2.24) is 14.7 Å². The van der Waals surface area contributed by atoms with Gasteiger partial charge in [-0.3, -0.25) is 0 Å². The van der Waals surface area contributed by atoms with E-state index < -0.39 is 15.6 Å². The topological polar surface area (TPSA) is 93.2 Å². The van der Waals surface area contributed by atoms with Crippen molar-refractivity contribution in [2.45, 2.75) is 19.4 Å². The number of rotatable bonds is 6. The third-order valence-electron chi connectivity index (χ3n) is 2.06. The van der Waals surface area contributed by atoms with Gasteiger partial charge in [-0.2, -0.15) is 4.98 Å². The molecule has 0 fully saturated rings. The molecule has 0 aliphatic rings. The van der Waals surface area contributed by atoms with E-state index in [1.807, 2.05) is 0 Å². The molecule has 0 saturated heterocycles. The highest BCUT2D eigenvalue weighted by Gasteiger charge is 2.22. The number of hydrogen-bond acceptors (Lipinski definition) is 6. The Morgan fingerprint density at radius 2 is 2.11 bits per heavy atom. The van der Waals surface area contributed by atoms with Crippen LogP contribution >= 0.6 is 11.6 Å². The quantitative estimate of drug-likeness (QED) is 0.810. The van der Waals surface area contributed by atoms with Crippen molar-refractivity contribution in [3.05, 3.63) is 11.2 Å². The van der Waals surface area contributed by atoms with Gasteiger partial charge in [-0.05, 0) is 13.8 Å². The molecule has 0 aliphatic carbocycles. The number of sulfonamides is 1. The van der Waals surface area contributed by atoms with E-state index >= 15 is 0 Å². The number of ether oxygens (including phenoxy) is 1. The minimum absolute atomic E-state index is 0.181. The van der Waals surface area contributed by atoms with Crippen LogP contribution in [-0.4, -0.2) is 43.8 Å². The average molecular weight is 309 g/mol. The molecule has 1 heterocycles. The Morgan fingerprint density at radius 3 is 2.63 bits per heavy atom. The van der Waals surface area contributed by atoms with Gasteiger partial charge in [0.2, 0.25) is 10.0 Å². The molecule has 2 N–H and O–H groups in total. The van der Waals surface area contributed by atoms with Gasteiger partial charge in [-0.1, -0.05) is 11.6 Å². The number of aromatic nitrogens is 2. The van der Waals surface area contributed by atoms with Gasteiger partial charge in [-0.25, -0.2) is 18.1 Å². The third kappa shape index (κ3) is 5.58. The lowest BCUT2D eigenvalue weighted by Crippen LogP contribution is -2.47. The van der Waals surface area contributed by atoms with Gasteiger partial charge in [0.15, 0.2) is 5.82 Å². The second-order valence-electron chi connectivity index (χ2n) is 4.66. The molecular formula is C10H17ClN4O3S. The summed E-state index contributed by atoms with van der Waals surface area (Å²) < 4.78 is 29.8. The summed E-state index contributed by atoms with van der Waals surface area (Å²) in [6.07, 6.45) is 2.52. The van der Waals surface area contributed by atoms with Crippen molar-refractivity contribution >= 4 is 27.4 Å². The molecule has 0 amide bonds. The highest BCUT2D eigenvalue weighted by atomic mass is 35.5. The molecule has 1 aromatic rings. The first-order chi connectivity index (χ1) is 8.63. The van der Waals surface area contributed by atoms with Gasteiger partial charge in [-0.15, -0.1) is 0 Å². The number of methoxy groups -OCH3 is 1. The molecule has 0 atom stereocenters. The Labute approximate surface area is 117 Å². The van der Waals surface area contributed by atoms with Crippen LogP contribution in [0.25, 0.3) is 0 Å². The predicted molar refractivity (Wildman–Crippen MR) is 74.1 cm³/mol. The van der Waals surface area contributed by atoms with Crippen LogP contribution in [0.15, 0.2) is 6.20 Å². The summed E-state index contributed by atoms with van der Waals surface area (Å²) in [6.45, 7) is 3.79. The molecule has 1 aromatic heterocycles. The maximum atomic E-state index is 11.2. The van der Waals surface area contributed by atoms with E-state index in [0.717, 1.165) is 6.26 Å². The van der Waals surface area contributed by atoms with Gasteiger partial charge in [0.05, 0.1) is 19.6 Å². The Morgan fingerprint density at radius 1 is 1.47 bits per heavy atom. The van der Waals surface area contributed by atoms with E-state index in [1.54, 1.807) is 13.8 Å². The molecular weight excluding hydrogens is 292 g/mol. The number of hydrogen-bond donors (Lipinski definition) is 2. The lowest BCUT2D eigenvalue weighted by molar-refractivity contribution is 0.380. The van der Waals surface area contributed by atoms with Gasteiger partial charge in [0, 0.05) is 12.1 Å². The highest BCUT2D eigenvalue weighted by molar-refractivity contribution is 7.88. The van der Waals surface area contributed by atoms with E-state index in [2.05, 4.69) is 20.0 Å². The van der Waals surface area contributed by atoms with E-state index in [0.29, 0.717) is 17.4 Å². The summed E-state index contributed by atoms with van der Waals surface area (Å²) in [5.41, 5.74) is -0.685. The summed E-state index contributed by atoms with van der Waals surface area (Å²) in [5, 5.41) is 3.29. The number of anilines is 1. The van der Waals surface area contributed by atoms with Crippen LogP contribution in [-0.2, 0) is 10.0 Å². The van der Waals surface area contributed by atoms with Gasteiger partial charge in [0.1, 0.15) is 5.02 Å². The Bertz CT molecular complexity index is 548. The average Bonchev–Trinajstić information content (AvgIpc) is 2.25. The molecule has 0 aliphatic heterocycles. The minimum atomic E-state index is -3.29. The van der Waals surface area contributed by atoms with E-state index in [4.69, 9.17) is 16.3 Å². The van der Waals surface area contributed by atoms with Crippen LogP contribution in [0, 0.1) is 0 Å². The fourth-order valence-corrected chi connectivity index (χ4v) is 2.65. The summed E-state index contributed by atoms with van der Waals surface area (Å²) in [5.74, 6) is 0.386. The lowest BCUT2D eigenvalue weighted by Gasteiger charge is -2.25. The maximum Gasteiger partial charge on any atom is 0.318 e. The Hall–Kier alpha value is -1.12. The Kier molecular flexibility index (Phi) is 4.94. The zero-order chi connectivity index (χ0) is 14.7. The normalized spacial score (nSPS) is 12.3. The molecule has 19 heavy (non-hydrogen) atoms. The number of halogens is 1. The van der Waals surface area contributed by atoms with Crippen LogP contribution in [0.3, 0.4) is 0 Å². The molecule has 0 unspecified atom stereocenters. The van der Waals surface area contributed by atoms with Crippen LogP contribution in [0.5, 0.6) is 6.01 Å². The Balaban J connectivity index is 2.76. The molecule has 0 bridgehead atoms. The third-order valence-corrected chi connectivity index (χ3v) is 3.26. The second kappa shape index (κ2) is 5.89. The van der Waals surface area contributed by atoms with E-state index in [-0.39, 0.29) is 6.01 Å². The van der Waals surface area contributed by atoms with Crippen molar-refractivity contribution in [2.24, 2.45) is 0 Å². The fraction of sp³-hybridized carbons (Fsp3) is 0.600. The van der Waals surface area contributed by atoms with Crippen molar-refractivity contribution in [3.63, 3.8) is 0 Å². The SMILES string of the molecule is COc1ncc(Cl)c(NCC(C)(C)NS(C)(=O)=O)n1. The lowest BCUT2D eigenvalue weighted by atomic mass is 10.1. The highest BCUT2D eigenvalue weighted by Crippen LogP contribution is 2.20. The first kappa shape index (κ1) is 15.9. The number of nitrogens with one attached hydrogen (secondary N) is 2. The monoisotopic (exact) mass is 308 g/mol. The molecule has 1 rings (SSSR count). The zero-order valence-corrected chi connectivity index (χ0v) is 12.8. The molecule has 0 aromatic carbocycles. The van der Waals surface area contributed by atoms with Crippen LogP contribution in [0.4, 0.5) is 5.82 Å². The largest absolute Gasteiger partial charge is 0.467 e. The smallest absolute Gasteiger partial charge is 0.318 e. The second-order valence-corrected chi connectivity index (χ2v) is 6.82. The van der Waals surface area contributed by atoms with Gasteiger partial charge >= 0.3 is 6.01 Å². The predicted octanol–water partition coefficient (Wildman–Crippen LogP) is 0.878. The van der Waals surface area contributed by atoms with Crippen molar-refractivity contribution < 1.29 is 13.2 Å². The fourth-order valence-electron chi connectivity index (χ4n) is 1.42. The summed E-state index contributed by atoms with van der Waals surface area (Å²) >= 11 is 5.93. The molecule has 0 radical (unpaired) electrons. The first-order valence-corrected chi connectivity index (χ1v) is 7.69. The summed E-state index contributed by atoms with van der Waals surface area (Å²) in [4.78, 5) is 7.88. The zero-order valence-electron chi connectivity index (χ0n) is 11.2. The number of nitrogens with zero attached hydrogens (tertiary/aromatic N) is 2. The summed E-state index contributed by atoms with van der Waals surface area (Å²) in [7, 11) is -1.84. The first-order valence-electron chi connectivity index (χ1n) is 5.42. The van der Waals surface area contributed by atoms with Crippen LogP contribution in [0.1, 0.15) is 13.8 Å². The molecule has 0 saturated carbocycles. The van der Waals surface area contributed by atoms with E-state index in [1.165, 1.54) is 13.3 Å². The van der Waals surface area contributed by atoms with Crippen molar-refractivity contribution in [2.75, 3.05) is 25.2 Å².